The molecule has 1 aromatic rings. The van der Waals surface area contributed by atoms with Crippen LogP contribution in [0.15, 0.2) is 24.3 Å². The molecule has 0 aromatic heterocycles. The number of rotatable bonds is 6. The van der Waals surface area contributed by atoms with Gasteiger partial charge in [-0.25, -0.2) is 0 Å². The van der Waals surface area contributed by atoms with Crippen LogP contribution in [0, 0.1) is 20.2 Å². The molecule has 0 aliphatic heterocycles. The second-order valence-electron chi connectivity index (χ2n) is 2.85. The van der Waals surface area contributed by atoms with Crippen LogP contribution in [-0.2, 0) is 4.84 Å². The molecule has 92 valence electrons. The molecule has 17 heavy (non-hydrogen) atoms. The molecule has 0 bridgehead atoms. The molecule has 0 radical (unpaired) electrons. The minimum Gasteiger partial charge on any atom is -0.488 e. The van der Waals surface area contributed by atoms with E-state index in [1.54, 1.807) is 0 Å². The minimum atomic E-state index is -1.75. The van der Waals surface area contributed by atoms with E-state index in [4.69, 9.17) is 9.84 Å². The number of ether oxygens (including phenoxy) is 1. The Balaban J connectivity index is 2.54. The zero-order chi connectivity index (χ0) is 12.8. The van der Waals surface area contributed by atoms with E-state index in [1.807, 2.05) is 0 Å². The molecule has 0 amide bonds. The fraction of sp³-hybridized carbons (Fsp3) is 0.250. The van der Waals surface area contributed by atoms with Crippen LogP contribution in [0.5, 0.6) is 5.75 Å². The van der Waals surface area contributed by atoms with Gasteiger partial charge >= 0.3 is 0 Å². The summed E-state index contributed by atoms with van der Waals surface area (Å²) in [6.45, 7) is -0.512. The lowest BCUT2D eigenvalue weighted by molar-refractivity contribution is -0.780. The van der Waals surface area contributed by atoms with Crippen molar-refractivity contribution in [3.05, 3.63) is 44.5 Å². The standard InChI is InChI=1S/C8H8N2O7/c11-8(17-10(14)15)5-16-7-3-1-2-6(4-7)9(12)13/h1-4,8,11H,5H2. The Bertz CT molecular complexity index is 422. The molecule has 0 spiro atoms. The third-order valence-electron chi connectivity index (χ3n) is 1.63. The van der Waals surface area contributed by atoms with Crippen LogP contribution in [0.25, 0.3) is 0 Å². The highest BCUT2D eigenvalue weighted by molar-refractivity contribution is 5.37. The Labute approximate surface area is 94.4 Å². The third-order valence-corrected chi connectivity index (χ3v) is 1.63. The Morgan fingerprint density at radius 2 is 2.06 bits per heavy atom. The van der Waals surface area contributed by atoms with Gasteiger partial charge in [0.05, 0.1) is 11.0 Å². The van der Waals surface area contributed by atoms with Crippen molar-refractivity contribution in [2.45, 2.75) is 6.29 Å². The zero-order valence-corrected chi connectivity index (χ0v) is 8.38. The second kappa shape index (κ2) is 5.61. The van der Waals surface area contributed by atoms with Gasteiger partial charge in [-0.2, -0.15) is 0 Å². The maximum absolute atomic E-state index is 10.4. The van der Waals surface area contributed by atoms with E-state index in [2.05, 4.69) is 4.84 Å². The molecule has 0 aliphatic rings. The highest BCUT2D eigenvalue weighted by Gasteiger charge is 2.11. The fourth-order valence-electron chi connectivity index (χ4n) is 0.984. The number of nitro groups is 1. The zero-order valence-electron chi connectivity index (χ0n) is 8.38. The molecule has 0 saturated heterocycles. The first-order valence-corrected chi connectivity index (χ1v) is 4.35. The molecule has 1 unspecified atom stereocenters. The fourth-order valence-corrected chi connectivity index (χ4v) is 0.984. The van der Waals surface area contributed by atoms with E-state index in [0.717, 1.165) is 6.07 Å². The lowest BCUT2D eigenvalue weighted by Crippen LogP contribution is -2.23. The van der Waals surface area contributed by atoms with Crippen LogP contribution in [0.2, 0.25) is 0 Å². The number of aliphatic hydroxyl groups is 1. The molecule has 0 heterocycles. The molecule has 0 aliphatic carbocycles. The Hall–Kier alpha value is -2.42. The highest BCUT2D eigenvalue weighted by Crippen LogP contribution is 2.19. The smallest absolute Gasteiger partial charge is 0.297 e. The first-order valence-electron chi connectivity index (χ1n) is 4.35. The highest BCUT2D eigenvalue weighted by atomic mass is 17.0. The molecular formula is C8H8N2O7. The molecule has 0 fully saturated rings. The normalized spacial score (nSPS) is 11.6. The SMILES string of the molecule is O=[N+]([O-])OC(O)COc1cccc([N+](=O)[O-])c1. The van der Waals surface area contributed by atoms with Crippen molar-refractivity contribution >= 4 is 5.69 Å². The van der Waals surface area contributed by atoms with Gasteiger partial charge in [0, 0.05) is 6.07 Å². The number of nitro benzene ring substituents is 1. The molecule has 9 nitrogen and oxygen atoms in total. The Kier molecular flexibility index (Phi) is 4.17. The van der Waals surface area contributed by atoms with Crippen LogP contribution < -0.4 is 4.74 Å². The topological polar surface area (TPSA) is 125 Å². The molecule has 1 atom stereocenters. The Morgan fingerprint density at radius 3 is 2.65 bits per heavy atom. The lowest BCUT2D eigenvalue weighted by atomic mass is 10.3. The van der Waals surface area contributed by atoms with Gasteiger partial charge < -0.3 is 9.84 Å². The third kappa shape index (κ3) is 4.30. The van der Waals surface area contributed by atoms with Gasteiger partial charge in [-0.05, 0) is 6.07 Å². The molecular weight excluding hydrogens is 236 g/mol. The summed E-state index contributed by atoms with van der Waals surface area (Å²) in [6.07, 6.45) is -1.75. The summed E-state index contributed by atoms with van der Waals surface area (Å²) in [5.41, 5.74) is -0.188. The van der Waals surface area contributed by atoms with Gasteiger partial charge in [0.2, 0.25) is 6.29 Å². The Morgan fingerprint density at radius 1 is 1.35 bits per heavy atom. The maximum Gasteiger partial charge on any atom is 0.297 e. The molecule has 1 N–H and O–H groups in total. The largest absolute Gasteiger partial charge is 0.488 e. The molecule has 0 saturated carbocycles. The van der Waals surface area contributed by atoms with Crippen LogP contribution in [0.1, 0.15) is 0 Å². The average Bonchev–Trinajstić information content (AvgIpc) is 2.26. The number of hydrogen-bond acceptors (Lipinski definition) is 7. The summed E-state index contributed by atoms with van der Waals surface area (Å²) in [5, 5.41) is 28.0. The predicted octanol–water partition coefficient (Wildman–Crippen LogP) is 0.500. The van der Waals surface area contributed by atoms with Gasteiger partial charge in [-0.1, -0.05) is 6.07 Å². The molecule has 9 heteroatoms. The predicted molar refractivity (Wildman–Crippen MR) is 52.7 cm³/mol. The summed E-state index contributed by atoms with van der Waals surface area (Å²) >= 11 is 0. The van der Waals surface area contributed by atoms with Crippen molar-refractivity contribution in [3.8, 4) is 5.75 Å². The summed E-state index contributed by atoms with van der Waals surface area (Å²) in [5.74, 6) is 0.102. The van der Waals surface area contributed by atoms with Crippen molar-refractivity contribution in [1.82, 2.24) is 0 Å². The van der Waals surface area contributed by atoms with Crippen LogP contribution >= 0.6 is 0 Å². The van der Waals surface area contributed by atoms with Crippen molar-refractivity contribution in [2.75, 3.05) is 6.61 Å². The van der Waals surface area contributed by atoms with E-state index < -0.39 is 22.9 Å². The maximum atomic E-state index is 10.4. The van der Waals surface area contributed by atoms with Crippen molar-refractivity contribution in [1.29, 1.82) is 0 Å². The quantitative estimate of drug-likeness (QED) is 0.438. The van der Waals surface area contributed by atoms with Gasteiger partial charge in [0.15, 0.2) is 0 Å². The summed E-state index contributed by atoms with van der Waals surface area (Å²) in [6, 6.07) is 5.18. The van der Waals surface area contributed by atoms with Crippen LogP contribution in [-0.4, -0.2) is 28.0 Å². The van der Waals surface area contributed by atoms with Crippen molar-refractivity contribution in [3.63, 3.8) is 0 Å². The molecule has 1 aromatic carbocycles. The summed E-state index contributed by atoms with van der Waals surface area (Å²) in [7, 11) is 0. The van der Waals surface area contributed by atoms with E-state index in [0.29, 0.717) is 0 Å². The van der Waals surface area contributed by atoms with Gasteiger partial charge in [0.1, 0.15) is 12.4 Å². The van der Waals surface area contributed by atoms with Crippen molar-refractivity contribution in [2.24, 2.45) is 0 Å². The van der Waals surface area contributed by atoms with E-state index >= 15 is 0 Å². The second-order valence-corrected chi connectivity index (χ2v) is 2.85. The first kappa shape index (κ1) is 12.6. The van der Waals surface area contributed by atoms with Crippen LogP contribution in [0.4, 0.5) is 5.69 Å². The summed E-state index contributed by atoms with van der Waals surface area (Å²) < 4.78 is 4.88. The van der Waals surface area contributed by atoms with E-state index in [9.17, 15) is 20.2 Å². The van der Waals surface area contributed by atoms with Crippen LogP contribution in [0.3, 0.4) is 0 Å². The number of benzene rings is 1. The summed E-state index contributed by atoms with van der Waals surface area (Å²) in [4.78, 5) is 23.4. The van der Waals surface area contributed by atoms with Crippen molar-refractivity contribution < 1.29 is 24.7 Å². The minimum absolute atomic E-state index is 0.102. The number of nitrogens with zero attached hydrogens (tertiary/aromatic N) is 2. The monoisotopic (exact) mass is 244 g/mol. The van der Waals surface area contributed by atoms with Gasteiger partial charge in [-0.3, -0.25) is 15.0 Å². The number of non-ortho nitro benzene ring substituents is 1. The van der Waals surface area contributed by atoms with E-state index in [1.165, 1.54) is 18.2 Å². The first-order chi connectivity index (χ1) is 7.99. The van der Waals surface area contributed by atoms with Gasteiger partial charge in [0.25, 0.3) is 10.8 Å². The van der Waals surface area contributed by atoms with Gasteiger partial charge in [-0.15, -0.1) is 10.1 Å². The average molecular weight is 244 g/mol. The lowest BCUT2D eigenvalue weighted by Gasteiger charge is -2.09. The number of hydrogen-bond donors (Lipinski definition) is 1. The van der Waals surface area contributed by atoms with E-state index in [-0.39, 0.29) is 11.4 Å². The molecule has 1 rings (SSSR count). The number of aliphatic hydroxyl groups excluding tert-OH is 1.